The van der Waals surface area contributed by atoms with E-state index in [2.05, 4.69) is 16.3 Å². The molecule has 2 aromatic rings. The molecule has 0 spiro atoms. The van der Waals surface area contributed by atoms with E-state index < -0.39 is 10.0 Å². The number of fused-ring (bicyclic) bond motifs is 1. The maximum absolute atomic E-state index is 11.3. The molecule has 0 bridgehead atoms. The minimum atomic E-state index is -3.71. The van der Waals surface area contributed by atoms with Crippen LogP contribution in [0.5, 0.6) is 0 Å². The first-order valence-electron chi connectivity index (χ1n) is 6.17. The van der Waals surface area contributed by atoms with Gasteiger partial charge in [0, 0.05) is 18.0 Å². The van der Waals surface area contributed by atoms with Crippen LogP contribution in [0.3, 0.4) is 0 Å². The van der Waals surface area contributed by atoms with E-state index in [0.717, 1.165) is 25.2 Å². The lowest BCUT2D eigenvalue weighted by atomic mass is 10.1. The van der Waals surface area contributed by atoms with Gasteiger partial charge in [-0.2, -0.15) is 0 Å². The molecule has 7 heteroatoms. The van der Waals surface area contributed by atoms with E-state index in [0.29, 0.717) is 5.69 Å². The zero-order valence-electron chi connectivity index (χ0n) is 10.7. The lowest BCUT2D eigenvalue weighted by Gasteiger charge is -2.30. The highest BCUT2D eigenvalue weighted by atomic mass is 32.2. The topological polar surface area (TPSA) is 89.4 Å². The number of nitrogen functional groups attached to an aromatic ring is 1. The number of benzene rings is 1. The standard InChI is InChI=1S/C13H15N3O2S2/c14-11-7-10(20(15,17)18)1-2-12(11)16-5-3-13-9(8-16)4-6-19-13/h1-2,4,6-7H,3,5,8,14H2,(H2,15,17,18). The van der Waals surface area contributed by atoms with Crippen LogP contribution < -0.4 is 15.8 Å². The predicted molar refractivity (Wildman–Crippen MR) is 81.3 cm³/mol. The van der Waals surface area contributed by atoms with E-state index in [9.17, 15) is 8.42 Å². The van der Waals surface area contributed by atoms with Gasteiger partial charge in [-0.15, -0.1) is 11.3 Å². The molecule has 0 radical (unpaired) electrons. The lowest BCUT2D eigenvalue weighted by Crippen LogP contribution is -2.30. The fraction of sp³-hybridized carbons (Fsp3) is 0.231. The van der Waals surface area contributed by atoms with Crippen molar-refractivity contribution in [3.8, 4) is 0 Å². The average Bonchev–Trinajstić information content (AvgIpc) is 2.84. The van der Waals surface area contributed by atoms with Crippen molar-refractivity contribution in [2.45, 2.75) is 17.9 Å². The largest absolute Gasteiger partial charge is 0.397 e. The van der Waals surface area contributed by atoms with E-state index >= 15 is 0 Å². The molecule has 4 N–H and O–H groups in total. The number of rotatable bonds is 2. The number of hydrogen-bond donors (Lipinski definition) is 2. The van der Waals surface area contributed by atoms with Crippen LogP contribution in [0.2, 0.25) is 0 Å². The highest BCUT2D eigenvalue weighted by Gasteiger charge is 2.20. The zero-order valence-corrected chi connectivity index (χ0v) is 12.4. The van der Waals surface area contributed by atoms with Crippen LogP contribution in [0.15, 0.2) is 34.5 Å². The summed E-state index contributed by atoms with van der Waals surface area (Å²) >= 11 is 1.78. The van der Waals surface area contributed by atoms with Crippen molar-refractivity contribution in [2.24, 2.45) is 5.14 Å². The van der Waals surface area contributed by atoms with Crippen LogP contribution in [0.4, 0.5) is 11.4 Å². The van der Waals surface area contributed by atoms with Gasteiger partial charge in [-0.1, -0.05) is 0 Å². The third kappa shape index (κ3) is 2.39. The number of anilines is 2. The van der Waals surface area contributed by atoms with Crippen molar-refractivity contribution in [1.29, 1.82) is 0 Å². The van der Waals surface area contributed by atoms with Crippen LogP contribution >= 0.6 is 11.3 Å². The molecule has 1 aliphatic heterocycles. The third-order valence-electron chi connectivity index (χ3n) is 3.48. The summed E-state index contributed by atoms with van der Waals surface area (Å²) in [6.07, 6.45) is 0.989. The Morgan fingerprint density at radius 2 is 2.05 bits per heavy atom. The molecule has 0 unspecified atom stereocenters. The summed E-state index contributed by atoms with van der Waals surface area (Å²) in [5.74, 6) is 0. The molecule has 2 heterocycles. The van der Waals surface area contributed by atoms with Crippen molar-refractivity contribution in [3.63, 3.8) is 0 Å². The molecule has 0 fully saturated rings. The lowest BCUT2D eigenvalue weighted by molar-refractivity contribution is 0.598. The van der Waals surface area contributed by atoms with Crippen LogP contribution in [-0.4, -0.2) is 15.0 Å². The summed E-state index contributed by atoms with van der Waals surface area (Å²) in [7, 11) is -3.71. The van der Waals surface area contributed by atoms with Crippen molar-refractivity contribution in [2.75, 3.05) is 17.2 Å². The summed E-state index contributed by atoms with van der Waals surface area (Å²) in [6, 6.07) is 6.78. The van der Waals surface area contributed by atoms with Gasteiger partial charge in [0.2, 0.25) is 10.0 Å². The summed E-state index contributed by atoms with van der Waals surface area (Å²) < 4.78 is 22.6. The van der Waals surface area contributed by atoms with Crippen LogP contribution in [-0.2, 0) is 23.0 Å². The van der Waals surface area contributed by atoms with Crippen molar-refractivity contribution in [3.05, 3.63) is 40.1 Å². The maximum Gasteiger partial charge on any atom is 0.238 e. The fourth-order valence-corrected chi connectivity index (χ4v) is 3.89. The summed E-state index contributed by atoms with van der Waals surface area (Å²) in [6.45, 7) is 1.68. The Bertz CT molecular complexity index is 753. The second-order valence-corrected chi connectivity index (χ2v) is 7.37. The molecule has 0 amide bonds. The quantitative estimate of drug-likeness (QED) is 0.824. The zero-order chi connectivity index (χ0) is 14.3. The molecule has 0 saturated heterocycles. The molecule has 106 valence electrons. The Morgan fingerprint density at radius 1 is 1.25 bits per heavy atom. The predicted octanol–water partition coefficient (Wildman–Crippen LogP) is 1.54. The molecular weight excluding hydrogens is 294 g/mol. The second kappa shape index (κ2) is 4.76. The van der Waals surface area contributed by atoms with Crippen molar-refractivity contribution >= 4 is 32.7 Å². The van der Waals surface area contributed by atoms with Gasteiger partial charge in [0.15, 0.2) is 0 Å². The maximum atomic E-state index is 11.3. The number of nitrogens with two attached hydrogens (primary N) is 2. The summed E-state index contributed by atoms with van der Waals surface area (Å²) in [4.78, 5) is 3.63. The number of hydrogen-bond acceptors (Lipinski definition) is 5. The molecule has 1 aromatic carbocycles. The van der Waals surface area contributed by atoms with Crippen molar-refractivity contribution < 1.29 is 8.42 Å². The first-order chi connectivity index (χ1) is 9.45. The van der Waals surface area contributed by atoms with Gasteiger partial charge in [-0.05, 0) is 41.6 Å². The van der Waals surface area contributed by atoms with E-state index in [-0.39, 0.29) is 4.90 Å². The van der Waals surface area contributed by atoms with E-state index in [1.54, 1.807) is 17.4 Å². The Labute approximate surface area is 121 Å². The molecule has 0 saturated carbocycles. The SMILES string of the molecule is Nc1cc(S(N)(=O)=O)ccc1N1CCc2sccc2C1. The first kappa shape index (κ1) is 13.4. The molecule has 1 aromatic heterocycles. The summed E-state index contributed by atoms with van der Waals surface area (Å²) in [5, 5.41) is 7.21. The van der Waals surface area contributed by atoms with Gasteiger partial charge in [0.05, 0.1) is 16.3 Å². The van der Waals surface area contributed by atoms with Gasteiger partial charge >= 0.3 is 0 Å². The van der Waals surface area contributed by atoms with E-state index in [4.69, 9.17) is 10.9 Å². The first-order valence-corrected chi connectivity index (χ1v) is 8.60. The number of thiophene rings is 1. The van der Waals surface area contributed by atoms with E-state index in [1.807, 2.05) is 0 Å². The minimum absolute atomic E-state index is 0.0481. The highest BCUT2D eigenvalue weighted by Crippen LogP contribution is 2.32. The minimum Gasteiger partial charge on any atom is -0.397 e. The average molecular weight is 309 g/mol. The Morgan fingerprint density at radius 3 is 2.75 bits per heavy atom. The number of sulfonamides is 1. The van der Waals surface area contributed by atoms with Gasteiger partial charge in [-0.25, -0.2) is 13.6 Å². The van der Waals surface area contributed by atoms with Crippen LogP contribution in [0.1, 0.15) is 10.4 Å². The molecule has 1 aliphatic rings. The fourth-order valence-electron chi connectivity index (χ4n) is 2.45. The third-order valence-corrected chi connectivity index (χ3v) is 5.41. The van der Waals surface area contributed by atoms with Gasteiger partial charge < -0.3 is 10.6 Å². The summed E-state index contributed by atoms with van der Waals surface area (Å²) in [5.41, 5.74) is 8.60. The normalized spacial score (nSPS) is 15.2. The van der Waals surface area contributed by atoms with Gasteiger partial charge in [0.25, 0.3) is 0 Å². The monoisotopic (exact) mass is 309 g/mol. The smallest absolute Gasteiger partial charge is 0.238 e. The number of nitrogens with zero attached hydrogens (tertiary/aromatic N) is 1. The van der Waals surface area contributed by atoms with Gasteiger partial charge in [0.1, 0.15) is 0 Å². The molecular formula is C13H15N3O2S2. The molecule has 0 atom stereocenters. The van der Waals surface area contributed by atoms with E-state index in [1.165, 1.54) is 22.6 Å². The molecule has 5 nitrogen and oxygen atoms in total. The Balaban J connectivity index is 1.93. The molecule has 0 aliphatic carbocycles. The second-order valence-electron chi connectivity index (χ2n) is 4.81. The Kier molecular flexibility index (Phi) is 3.19. The molecule has 3 rings (SSSR count). The van der Waals surface area contributed by atoms with Crippen molar-refractivity contribution in [1.82, 2.24) is 0 Å². The van der Waals surface area contributed by atoms with Crippen LogP contribution in [0.25, 0.3) is 0 Å². The van der Waals surface area contributed by atoms with Gasteiger partial charge in [-0.3, -0.25) is 0 Å². The molecule has 20 heavy (non-hydrogen) atoms. The number of primary sulfonamides is 1. The van der Waals surface area contributed by atoms with Crippen LogP contribution in [0, 0.1) is 0 Å². The Hall–Kier alpha value is -1.57. The highest BCUT2D eigenvalue weighted by molar-refractivity contribution is 7.89.